The number of aromatic amines is 1. The number of benzene rings is 1. The Balaban J connectivity index is 1.86. The van der Waals surface area contributed by atoms with Gasteiger partial charge in [0, 0.05) is 17.4 Å². The molecular formula is C19H21N3O5. The van der Waals surface area contributed by atoms with Crippen molar-refractivity contribution in [1.82, 2.24) is 14.8 Å². The Kier molecular flexibility index (Phi) is 3.69. The molecule has 2 aliphatic rings. The third-order valence-electron chi connectivity index (χ3n) is 5.73. The zero-order chi connectivity index (χ0) is 19.5. The van der Waals surface area contributed by atoms with E-state index in [-0.39, 0.29) is 0 Å². The molecule has 8 nitrogen and oxygen atoms in total. The molecule has 3 amide bonds. The number of hydrogen-bond donors (Lipinski definition) is 1. The van der Waals surface area contributed by atoms with Crippen LogP contribution in [0.2, 0.25) is 0 Å². The number of urea groups is 1. The van der Waals surface area contributed by atoms with Gasteiger partial charge < -0.3 is 19.4 Å². The smallest absolute Gasteiger partial charge is 0.328 e. The number of methoxy groups -OCH3 is 2. The fraction of sp³-hybridized carbons (Fsp3) is 0.421. The highest BCUT2D eigenvalue weighted by atomic mass is 16.5. The van der Waals surface area contributed by atoms with E-state index in [9.17, 15) is 14.4 Å². The van der Waals surface area contributed by atoms with Crippen LogP contribution in [0.25, 0.3) is 10.9 Å². The van der Waals surface area contributed by atoms with Gasteiger partial charge in [-0.05, 0) is 44.0 Å². The summed E-state index contributed by atoms with van der Waals surface area (Å²) < 4.78 is 10.0. The minimum atomic E-state index is -1.18. The number of fused-ring (bicyclic) bond motifs is 5. The Bertz CT molecular complexity index is 981. The van der Waals surface area contributed by atoms with Gasteiger partial charge in [-0.2, -0.15) is 0 Å². The van der Waals surface area contributed by atoms with Crippen molar-refractivity contribution in [3.8, 4) is 5.75 Å². The van der Waals surface area contributed by atoms with Crippen LogP contribution in [-0.2, 0) is 26.3 Å². The number of nitrogens with zero attached hydrogens (tertiary/aromatic N) is 2. The molecule has 1 aromatic carbocycles. The number of hydrogen-bond acceptors (Lipinski definition) is 5. The first kappa shape index (κ1) is 17.4. The van der Waals surface area contributed by atoms with Crippen LogP contribution >= 0.6 is 0 Å². The van der Waals surface area contributed by atoms with E-state index < -0.39 is 29.5 Å². The van der Waals surface area contributed by atoms with Gasteiger partial charge in [0.1, 0.15) is 11.8 Å². The maximum atomic E-state index is 13.3. The Hall–Kier alpha value is -3.03. The zero-order valence-corrected chi connectivity index (χ0v) is 15.7. The summed E-state index contributed by atoms with van der Waals surface area (Å²) in [4.78, 5) is 44.0. The van der Waals surface area contributed by atoms with Crippen LogP contribution in [0.5, 0.6) is 5.75 Å². The Labute approximate surface area is 156 Å². The Morgan fingerprint density at radius 2 is 2.04 bits per heavy atom. The monoisotopic (exact) mass is 371 g/mol. The third kappa shape index (κ3) is 2.12. The van der Waals surface area contributed by atoms with Gasteiger partial charge in [-0.1, -0.05) is 0 Å². The molecule has 1 fully saturated rings. The van der Waals surface area contributed by atoms with Crippen LogP contribution in [0, 0.1) is 0 Å². The molecule has 0 saturated carbocycles. The standard InChI is InChI=1S/C19H21N3O5/c1-10(16(23)27-4)22-17(24)19(2)15-12(7-8-21(19)18(22)25)13-9-11(26-3)5-6-14(13)20-15/h5-6,9-10,20H,7-8H2,1-4H3/t10-,19?/m0/s1. The summed E-state index contributed by atoms with van der Waals surface area (Å²) in [7, 11) is 2.84. The van der Waals surface area contributed by atoms with Crippen molar-refractivity contribution in [2.45, 2.75) is 31.8 Å². The van der Waals surface area contributed by atoms with Gasteiger partial charge in [-0.25, -0.2) is 14.5 Å². The average Bonchev–Trinajstić information content (AvgIpc) is 3.14. The molecule has 2 aliphatic heterocycles. The minimum absolute atomic E-state index is 0.391. The predicted octanol–water partition coefficient (Wildman–Crippen LogP) is 1.77. The van der Waals surface area contributed by atoms with E-state index in [2.05, 4.69) is 4.98 Å². The number of carbonyl (C=O) groups is 3. The molecular weight excluding hydrogens is 350 g/mol. The normalized spacial score (nSPS) is 22.7. The molecule has 2 aromatic rings. The quantitative estimate of drug-likeness (QED) is 0.656. The summed E-state index contributed by atoms with van der Waals surface area (Å²) in [6.07, 6.45) is 0.609. The SMILES string of the molecule is COC(=O)[C@H](C)N1C(=O)N2CCc3c([nH]c4ccc(OC)cc34)C2(C)C1=O. The lowest BCUT2D eigenvalue weighted by atomic mass is 9.87. The number of aromatic nitrogens is 1. The lowest BCUT2D eigenvalue weighted by molar-refractivity contribution is -0.150. The van der Waals surface area contributed by atoms with Gasteiger partial charge in [0.05, 0.1) is 19.9 Å². The molecule has 0 aliphatic carbocycles. The molecule has 0 bridgehead atoms. The maximum Gasteiger partial charge on any atom is 0.328 e. The highest BCUT2D eigenvalue weighted by Crippen LogP contribution is 2.45. The van der Waals surface area contributed by atoms with Crippen LogP contribution in [0.4, 0.5) is 4.79 Å². The van der Waals surface area contributed by atoms with E-state index >= 15 is 0 Å². The van der Waals surface area contributed by atoms with E-state index in [4.69, 9.17) is 9.47 Å². The molecule has 142 valence electrons. The largest absolute Gasteiger partial charge is 0.497 e. The van der Waals surface area contributed by atoms with Crippen molar-refractivity contribution >= 4 is 28.8 Å². The second-order valence-electron chi connectivity index (χ2n) is 7.02. The van der Waals surface area contributed by atoms with Crippen LogP contribution in [-0.4, -0.2) is 59.5 Å². The summed E-state index contributed by atoms with van der Waals surface area (Å²) in [5, 5.41) is 0.977. The van der Waals surface area contributed by atoms with Crippen molar-refractivity contribution in [3.63, 3.8) is 0 Å². The molecule has 1 unspecified atom stereocenters. The van der Waals surface area contributed by atoms with Crippen LogP contribution in [0.1, 0.15) is 25.1 Å². The second kappa shape index (κ2) is 5.73. The van der Waals surface area contributed by atoms with Gasteiger partial charge >= 0.3 is 12.0 Å². The van der Waals surface area contributed by atoms with E-state index in [0.717, 1.165) is 27.1 Å². The highest BCUT2D eigenvalue weighted by Gasteiger charge is 2.60. The van der Waals surface area contributed by atoms with Crippen molar-refractivity contribution in [3.05, 3.63) is 29.5 Å². The lowest BCUT2D eigenvalue weighted by Crippen LogP contribution is -2.49. The van der Waals surface area contributed by atoms with Crippen LogP contribution in [0.15, 0.2) is 18.2 Å². The molecule has 0 spiro atoms. The van der Waals surface area contributed by atoms with Crippen molar-refractivity contribution in [2.24, 2.45) is 0 Å². The molecule has 1 saturated heterocycles. The molecule has 1 aromatic heterocycles. The topological polar surface area (TPSA) is 91.9 Å². The lowest BCUT2D eigenvalue weighted by Gasteiger charge is -2.36. The van der Waals surface area contributed by atoms with Crippen LogP contribution < -0.4 is 4.74 Å². The summed E-state index contributed by atoms with van der Waals surface area (Å²) in [6, 6.07) is 4.22. The van der Waals surface area contributed by atoms with E-state index in [1.54, 1.807) is 14.0 Å². The van der Waals surface area contributed by atoms with Gasteiger partial charge in [0.25, 0.3) is 5.91 Å². The number of nitrogens with one attached hydrogen (secondary N) is 1. The number of amides is 3. The van der Waals surface area contributed by atoms with Crippen LogP contribution in [0.3, 0.4) is 0 Å². The van der Waals surface area contributed by atoms with Crippen molar-refractivity contribution in [1.29, 1.82) is 0 Å². The number of esters is 1. The second-order valence-corrected chi connectivity index (χ2v) is 7.02. The molecule has 27 heavy (non-hydrogen) atoms. The number of ether oxygens (including phenoxy) is 2. The molecule has 8 heteroatoms. The van der Waals surface area contributed by atoms with Gasteiger partial charge in [0.15, 0.2) is 5.54 Å². The van der Waals surface area contributed by atoms with E-state index in [0.29, 0.717) is 18.7 Å². The van der Waals surface area contributed by atoms with Gasteiger partial charge in [-0.15, -0.1) is 0 Å². The predicted molar refractivity (Wildman–Crippen MR) is 96.3 cm³/mol. The molecule has 3 heterocycles. The summed E-state index contributed by atoms with van der Waals surface area (Å²) in [5.74, 6) is -0.321. The van der Waals surface area contributed by atoms with Crippen molar-refractivity contribution in [2.75, 3.05) is 20.8 Å². The minimum Gasteiger partial charge on any atom is -0.497 e. The zero-order valence-electron chi connectivity index (χ0n) is 15.7. The number of carbonyl (C=O) groups excluding carboxylic acids is 3. The Morgan fingerprint density at radius 1 is 1.30 bits per heavy atom. The summed E-state index contributed by atoms with van der Waals surface area (Å²) >= 11 is 0. The number of imide groups is 1. The van der Waals surface area contributed by atoms with Gasteiger partial charge in [-0.3, -0.25) is 4.79 Å². The molecule has 2 atom stereocenters. The molecule has 1 N–H and O–H groups in total. The van der Waals surface area contributed by atoms with E-state index in [1.807, 2.05) is 18.2 Å². The first-order valence-electron chi connectivity index (χ1n) is 8.76. The maximum absolute atomic E-state index is 13.3. The summed E-state index contributed by atoms with van der Waals surface area (Å²) in [6.45, 7) is 3.62. The van der Waals surface area contributed by atoms with E-state index in [1.165, 1.54) is 18.9 Å². The highest BCUT2D eigenvalue weighted by molar-refractivity contribution is 6.10. The number of H-pyrrole nitrogens is 1. The molecule has 4 rings (SSSR count). The summed E-state index contributed by atoms with van der Waals surface area (Å²) in [5.41, 5.74) is 1.38. The molecule has 0 radical (unpaired) electrons. The van der Waals surface area contributed by atoms with Crippen molar-refractivity contribution < 1.29 is 23.9 Å². The Morgan fingerprint density at radius 3 is 2.70 bits per heavy atom. The average molecular weight is 371 g/mol. The number of rotatable bonds is 3. The third-order valence-corrected chi connectivity index (χ3v) is 5.73. The fourth-order valence-corrected chi connectivity index (χ4v) is 4.19. The first-order valence-corrected chi connectivity index (χ1v) is 8.76. The van der Waals surface area contributed by atoms with Gasteiger partial charge in [0.2, 0.25) is 0 Å². The first-order chi connectivity index (χ1) is 12.8. The fourth-order valence-electron chi connectivity index (χ4n) is 4.19.